The monoisotopic (exact) mass is 394 g/mol. The molecule has 0 bridgehead atoms. The molecule has 1 fully saturated rings. The van der Waals surface area contributed by atoms with E-state index in [9.17, 15) is 27.5 Å². The van der Waals surface area contributed by atoms with Crippen LogP contribution >= 0.6 is 0 Å². The predicted octanol–water partition coefficient (Wildman–Crippen LogP) is 4.75. The molecule has 1 aliphatic rings. The van der Waals surface area contributed by atoms with E-state index in [-0.39, 0.29) is 17.0 Å². The van der Waals surface area contributed by atoms with Gasteiger partial charge in [0.1, 0.15) is 17.3 Å². The van der Waals surface area contributed by atoms with Gasteiger partial charge in [0.25, 0.3) is 0 Å². The summed E-state index contributed by atoms with van der Waals surface area (Å²) in [5, 5.41) is 9.28. The summed E-state index contributed by atoms with van der Waals surface area (Å²) in [6.45, 7) is 1.07. The van der Waals surface area contributed by atoms with Crippen LogP contribution in [0.2, 0.25) is 0 Å². The van der Waals surface area contributed by atoms with E-state index in [2.05, 4.69) is 4.98 Å². The molecule has 4 nitrogen and oxygen atoms in total. The number of halogens is 4. The molecule has 0 atom stereocenters. The van der Waals surface area contributed by atoms with Crippen LogP contribution in [0.5, 0.6) is 0 Å². The zero-order chi connectivity index (χ0) is 20.3. The lowest BCUT2D eigenvalue weighted by Gasteiger charge is -2.30. The van der Waals surface area contributed by atoms with E-state index >= 15 is 0 Å². The molecule has 0 saturated carbocycles. The number of anilines is 1. The summed E-state index contributed by atoms with van der Waals surface area (Å²) in [6, 6.07) is 7.19. The topological polar surface area (TPSA) is 53.4 Å². The molecule has 8 heteroatoms. The Balaban J connectivity index is 2.18. The fourth-order valence-corrected chi connectivity index (χ4v) is 3.23. The summed E-state index contributed by atoms with van der Waals surface area (Å²) in [4.78, 5) is 16.9. The van der Waals surface area contributed by atoms with Crippen LogP contribution in [0.25, 0.3) is 5.57 Å². The van der Waals surface area contributed by atoms with Crippen molar-refractivity contribution in [2.45, 2.75) is 25.4 Å². The average molecular weight is 394 g/mol. The largest absolute Gasteiger partial charge is 0.478 e. The van der Waals surface area contributed by atoms with Gasteiger partial charge in [0.15, 0.2) is 0 Å². The van der Waals surface area contributed by atoms with Crippen molar-refractivity contribution in [1.29, 1.82) is 0 Å². The molecule has 2 heterocycles. The molecule has 3 rings (SSSR count). The molecule has 1 aliphatic heterocycles. The lowest BCUT2D eigenvalue weighted by Crippen LogP contribution is -2.31. The highest BCUT2D eigenvalue weighted by Crippen LogP contribution is 2.36. The van der Waals surface area contributed by atoms with E-state index < -0.39 is 23.7 Å². The fraction of sp³-hybridized carbons (Fsp3) is 0.300. The molecule has 1 saturated heterocycles. The molecule has 0 radical (unpaired) electrons. The van der Waals surface area contributed by atoms with Crippen molar-refractivity contribution in [2.75, 3.05) is 18.0 Å². The number of pyridine rings is 1. The maximum absolute atomic E-state index is 13.3. The van der Waals surface area contributed by atoms with E-state index in [0.717, 1.165) is 31.4 Å². The van der Waals surface area contributed by atoms with E-state index in [1.807, 2.05) is 0 Å². The molecule has 0 aliphatic carbocycles. The number of nitrogens with zero attached hydrogens (tertiary/aromatic N) is 2. The Labute approximate surface area is 159 Å². The van der Waals surface area contributed by atoms with Crippen LogP contribution in [-0.4, -0.2) is 29.1 Å². The van der Waals surface area contributed by atoms with Crippen LogP contribution in [0.15, 0.2) is 42.5 Å². The number of carboxylic acids is 1. The fourth-order valence-electron chi connectivity index (χ4n) is 3.23. The first kappa shape index (κ1) is 19.9. The Morgan fingerprint density at radius 1 is 1.04 bits per heavy atom. The summed E-state index contributed by atoms with van der Waals surface area (Å²) in [5.74, 6) is -1.67. The lowest BCUT2D eigenvalue weighted by atomic mass is 9.96. The average Bonchev–Trinajstić information content (AvgIpc) is 2.66. The molecular formula is C20H18F4N2O2. The molecule has 1 aromatic carbocycles. The van der Waals surface area contributed by atoms with Crippen molar-refractivity contribution in [2.24, 2.45) is 0 Å². The summed E-state index contributed by atoms with van der Waals surface area (Å²) in [6.07, 6.45) is -1.11. The SMILES string of the molecule is O=C(O)C=C(c1ccc(F)cc1)c1ccc(C(F)(F)F)nc1N1CCCCC1. The van der Waals surface area contributed by atoms with Gasteiger partial charge in [-0.25, -0.2) is 14.2 Å². The number of hydrogen-bond donors (Lipinski definition) is 1. The van der Waals surface area contributed by atoms with Crippen LogP contribution in [0, 0.1) is 5.82 Å². The van der Waals surface area contributed by atoms with E-state index in [0.29, 0.717) is 18.7 Å². The molecule has 28 heavy (non-hydrogen) atoms. The molecule has 0 spiro atoms. The Morgan fingerprint density at radius 3 is 2.25 bits per heavy atom. The van der Waals surface area contributed by atoms with Gasteiger partial charge < -0.3 is 10.0 Å². The molecular weight excluding hydrogens is 376 g/mol. The minimum atomic E-state index is -4.62. The van der Waals surface area contributed by atoms with Crippen molar-refractivity contribution in [3.63, 3.8) is 0 Å². The zero-order valence-electron chi connectivity index (χ0n) is 14.8. The smallest absolute Gasteiger partial charge is 0.433 e. The Bertz CT molecular complexity index is 886. The maximum atomic E-state index is 13.3. The van der Waals surface area contributed by atoms with Gasteiger partial charge in [-0.2, -0.15) is 13.2 Å². The summed E-state index contributed by atoms with van der Waals surface area (Å²) < 4.78 is 52.9. The maximum Gasteiger partial charge on any atom is 0.433 e. The van der Waals surface area contributed by atoms with Gasteiger partial charge in [-0.15, -0.1) is 0 Å². The zero-order valence-corrected chi connectivity index (χ0v) is 14.8. The first-order valence-corrected chi connectivity index (χ1v) is 8.80. The molecule has 0 amide bonds. The third-order valence-corrected chi connectivity index (χ3v) is 4.53. The van der Waals surface area contributed by atoms with Crippen molar-refractivity contribution in [3.05, 3.63) is 65.1 Å². The number of alkyl halides is 3. The molecule has 148 valence electrons. The highest BCUT2D eigenvalue weighted by Gasteiger charge is 2.34. The highest BCUT2D eigenvalue weighted by atomic mass is 19.4. The van der Waals surface area contributed by atoms with Crippen molar-refractivity contribution < 1.29 is 27.5 Å². The number of carboxylic acid groups (broad SMARTS) is 1. The van der Waals surface area contributed by atoms with Crippen LogP contribution in [0.1, 0.15) is 36.1 Å². The van der Waals surface area contributed by atoms with Gasteiger partial charge in [0, 0.05) is 24.7 Å². The number of benzene rings is 1. The summed E-state index contributed by atoms with van der Waals surface area (Å²) in [5.41, 5.74) is -0.215. The number of aliphatic carboxylic acids is 1. The van der Waals surface area contributed by atoms with Crippen molar-refractivity contribution in [1.82, 2.24) is 4.98 Å². The highest BCUT2D eigenvalue weighted by molar-refractivity contribution is 5.97. The second-order valence-electron chi connectivity index (χ2n) is 6.52. The van der Waals surface area contributed by atoms with Gasteiger partial charge in [0.2, 0.25) is 0 Å². The Hall–Kier alpha value is -2.90. The third kappa shape index (κ3) is 4.49. The predicted molar refractivity (Wildman–Crippen MR) is 96.4 cm³/mol. The first-order chi connectivity index (χ1) is 13.3. The molecule has 1 aromatic heterocycles. The minimum Gasteiger partial charge on any atom is -0.478 e. The van der Waals surface area contributed by atoms with Gasteiger partial charge in [0.05, 0.1) is 0 Å². The standard InChI is InChI=1S/C20H18F4N2O2/c21-14-6-4-13(5-7-14)16(12-18(27)28)15-8-9-17(20(22,23)24)25-19(15)26-10-2-1-3-11-26/h4-9,12H,1-3,10-11H2,(H,27,28). The quantitative estimate of drug-likeness (QED) is 0.601. The molecule has 2 aromatic rings. The second kappa shape index (κ2) is 8.00. The Morgan fingerprint density at radius 2 is 1.68 bits per heavy atom. The van der Waals surface area contributed by atoms with Crippen LogP contribution in [0.3, 0.4) is 0 Å². The van der Waals surface area contributed by atoms with E-state index in [1.165, 1.54) is 30.3 Å². The molecule has 1 N–H and O–H groups in total. The van der Waals surface area contributed by atoms with Gasteiger partial charge >= 0.3 is 12.1 Å². The summed E-state index contributed by atoms with van der Waals surface area (Å²) >= 11 is 0. The Kier molecular flexibility index (Phi) is 5.67. The lowest BCUT2D eigenvalue weighted by molar-refractivity contribution is -0.141. The van der Waals surface area contributed by atoms with Crippen LogP contribution in [0.4, 0.5) is 23.4 Å². The number of rotatable bonds is 4. The van der Waals surface area contributed by atoms with Gasteiger partial charge in [-0.1, -0.05) is 12.1 Å². The van der Waals surface area contributed by atoms with E-state index in [4.69, 9.17) is 0 Å². The third-order valence-electron chi connectivity index (χ3n) is 4.53. The summed E-state index contributed by atoms with van der Waals surface area (Å²) in [7, 11) is 0. The number of carbonyl (C=O) groups is 1. The first-order valence-electron chi connectivity index (χ1n) is 8.80. The van der Waals surface area contributed by atoms with Crippen molar-refractivity contribution >= 4 is 17.4 Å². The van der Waals surface area contributed by atoms with Crippen LogP contribution in [-0.2, 0) is 11.0 Å². The van der Waals surface area contributed by atoms with Crippen molar-refractivity contribution in [3.8, 4) is 0 Å². The van der Waals surface area contributed by atoms with Gasteiger partial charge in [-0.3, -0.25) is 0 Å². The minimum absolute atomic E-state index is 0.0892. The number of piperidine rings is 1. The van der Waals surface area contributed by atoms with E-state index in [1.54, 1.807) is 4.90 Å². The number of hydrogen-bond acceptors (Lipinski definition) is 3. The second-order valence-corrected chi connectivity index (χ2v) is 6.52. The van der Waals surface area contributed by atoms with Crippen LogP contribution < -0.4 is 4.90 Å². The number of aromatic nitrogens is 1. The molecule has 0 unspecified atom stereocenters. The normalized spacial score (nSPS) is 15.6. The van der Waals surface area contributed by atoms with Gasteiger partial charge in [-0.05, 0) is 54.7 Å².